The van der Waals surface area contributed by atoms with Crippen LogP contribution in [-0.2, 0) is 0 Å². The van der Waals surface area contributed by atoms with Gasteiger partial charge in [-0.25, -0.2) is 0 Å². The first-order chi connectivity index (χ1) is 4.74. The topological polar surface area (TPSA) is 43.8 Å². The third kappa shape index (κ3) is 1.29. The summed E-state index contributed by atoms with van der Waals surface area (Å²) in [4.78, 5) is 0. The van der Waals surface area contributed by atoms with E-state index >= 15 is 0 Å². The Morgan fingerprint density at radius 3 is 2.90 bits per heavy atom. The minimum absolute atomic E-state index is 0.456. The number of rotatable bonds is 2. The Morgan fingerprint density at radius 1 is 1.80 bits per heavy atom. The summed E-state index contributed by atoms with van der Waals surface area (Å²) in [5.41, 5.74) is 5.44. The lowest BCUT2D eigenvalue weighted by Gasteiger charge is -2.07. The summed E-state index contributed by atoms with van der Waals surface area (Å²) in [6.45, 7) is 4.25. The number of nitrogen functional groups attached to an aromatic ring is 1. The summed E-state index contributed by atoms with van der Waals surface area (Å²) in [6, 6.07) is 2.27. The third-order valence-electron chi connectivity index (χ3n) is 1.67. The van der Waals surface area contributed by atoms with Crippen molar-refractivity contribution in [2.24, 2.45) is 0 Å². The molecule has 2 N–H and O–H groups in total. The Bertz CT molecular complexity index is 204. The molecule has 10 heavy (non-hydrogen) atoms. The molecule has 0 aliphatic carbocycles. The van der Waals surface area contributed by atoms with Gasteiger partial charge >= 0.3 is 0 Å². The predicted molar refractivity (Wildman–Crippen MR) is 41.6 cm³/mol. The van der Waals surface area contributed by atoms with Gasteiger partial charge in [-0.15, -0.1) is 0 Å². The van der Waals surface area contributed by atoms with Crippen LogP contribution in [0.2, 0.25) is 0 Å². The zero-order valence-electron chi connectivity index (χ0n) is 6.41. The molecule has 0 unspecified atom stereocenters. The van der Waals surface area contributed by atoms with Crippen molar-refractivity contribution in [2.45, 2.75) is 26.3 Å². The molecule has 1 heterocycles. The minimum atomic E-state index is 0.456. The van der Waals surface area contributed by atoms with Crippen LogP contribution in [0.3, 0.4) is 0 Å². The van der Waals surface area contributed by atoms with Crippen LogP contribution in [0.25, 0.3) is 0 Å². The Morgan fingerprint density at radius 2 is 2.50 bits per heavy atom. The fourth-order valence-corrected chi connectivity index (χ4v) is 0.785. The van der Waals surface area contributed by atoms with E-state index in [1.54, 1.807) is 0 Å². The molecule has 0 radical (unpaired) electrons. The van der Waals surface area contributed by atoms with Gasteiger partial charge in [0.1, 0.15) is 5.82 Å². The number of aromatic nitrogens is 2. The third-order valence-corrected chi connectivity index (χ3v) is 1.67. The zero-order chi connectivity index (χ0) is 7.56. The van der Waals surface area contributed by atoms with Gasteiger partial charge in [0.2, 0.25) is 0 Å². The molecule has 0 fully saturated rings. The largest absolute Gasteiger partial charge is 0.382 e. The molecule has 3 nitrogen and oxygen atoms in total. The number of anilines is 1. The molecule has 3 heteroatoms. The molecule has 1 aromatic heterocycles. The van der Waals surface area contributed by atoms with Gasteiger partial charge in [-0.3, -0.25) is 4.68 Å². The number of hydrogen-bond acceptors (Lipinski definition) is 2. The molecule has 0 saturated heterocycles. The molecular formula is C7H13N3. The molecule has 0 aliphatic rings. The van der Waals surface area contributed by atoms with Gasteiger partial charge in [0, 0.05) is 12.2 Å². The maximum absolute atomic E-state index is 5.44. The Labute approximate surface area is 60.8 Å². The Balaban J connectivity index is 2.74. The van der Waals surface area contributed by atoms with Crippen LogP contribution >= 0.6 is 0 Å². The average Bonchev–Trinajstić information content (AvgIpc) is 2.34. The number of nitrogens with two attached hydrogens (primary N) is 1. The quantitative estimate of drug-likeness (QED) is 0.673. The molecule has 56 valence electrons. The normalized spacial score (nSPS) is 13.4. The van der Waals surface area contributed by atoms with Crippen LogP contribution in [-0.4, -0.2) is 9.78 Å². The Hall–Kier alpha value is -0.990. The van der Waals surface area contributed by atoms with Crippen molar-refractivity contribution in [2.75, 3.05) is 5.73 Å². The highest BCUT2D eigenvalue weighted by molar-refractivity contribution is 5.23. The molecule has 0 aromatic carbocycles. The van der Waals surface area contributed by atoms with Crippen molar-refractivity contribution in [3.8, 4) is 0 Å². The average molecular weight is 139 g/mol. The van der Waals surface area contributed by atoms with Gasteiger partial charge in [0.25, 0.3) is 0 Å². The summed E-state index contributed by atoms with van der Waals surface area (Å²) >= 11 is 0. The summed E-state index contributed by atoms with van der Waals surface area (Å²) in [5.74, 6) is 0.598. The highest BCUT2D eigenvalue weighted by atomic mass is 15.3. The van der Waals surface area contributed by atoms with E-state index in [9.17, 15) is 0 Å². The van der Waals surface area contributed by atoms with Gasteiger partial charge in [0.15, 0.2) is 0 Å². The van der Waals surface area contributed by atoms with Crippen molar-refractivity contribution in [1.29, 1.82) is 0 Å². The van der Waals surface area contributed by atoms with Gasteiger partial charge in [-0.2, -0.15) is 5.10 Å². The van der Waals surface area contributed by atoms with E-state index in [0.717, 1.165) is 6.42 Å². The lowest BCUT2D eigenvalue weighted by Crippen LogP contribution is -2.04. The second-order valence-corrected chi connectivity index (χ2v) is 2.48. The highest BCUT2D eigenvalue weighted by Crippen LogP contribution is 2.09. The van der Waals surface area contributed by atoms with E-state index in [2.05, 4.69) is 18.9 Å². The first kappa shape index (κ1) is 7.12. The van der Waals surface area contributed by atoms with Crippen molar-refractivity contribution in [3.63, 3.8) is 0 Å². The SMILES string of the molecule is CC[C@@H](C)n1ccc(N)n1. The van der Waals surface area contributed by atoms with E-state index in [1.165, 1.54) is 0 Å². The van der Waals surface area contributed by atoms with Gasteiger partial charge < -0.3 is 5.73 Å². The van der Waals surface area contributed by atoms with Crippen molar-refractivity contribution < 1.29 is 0 Å². The second-order valence-electron chi connectivity index (χ2n) is 2.48. The van der Waals surface area contributed by atoms with E-state index < -0.39 is 0 Å². The molecule has 1 rings (SSSR count). The van der Waals surface area contributed by atoms with Gasteiger partial charge in [-0.1, -0.05) is 6.92 Å². The van der Waals surface area contributed by atoms with E-state index in [1.807, 2.05) is 16.9 Å². The molecule has 0 saturated carbocycles. The second kappa shape index (κ2) is 2.73. The molecule has 1 aromatic rings. The van der Waals surface area contributed by atoms with Crippen LogP contribution in [0.15, 0.2) is 12.3 Å². The van der Waals surface area contributed by atoms with Crippen LogP contribution < -0.4 is 5.73 Å². The molecule has 0 aliphatic heterocycles. The molecule has 0 bridgehead atoms. The monoisotopic (exact) mass is 139 g/mol. The molecule has 1 atom stereocenters. The maximum Gasteiger partial charge on any atom is 0.145 e. The Kier molecular flexibility index (Phi) is 1.94. The molecular weight excluding hydrogens is 126 g/mol. The van der Waals surface area contributed by atoms with E-state index in [4.69, 9.17) is 5.73 Å². The summed E-state index contributed by atoms with van der Waals surface area (Å²) < 4.78 is 1.88. The van der Waals surface area contributed by atoms with Crippen LogP contribution in [0.1, 0.15) is 26.3 Å². The minimum Gasteiger partial charge on any atom is -0.382 e. The fraction of sp³-hybridized carbons (Fsp3) is 0.571. The van der Waals surface area contributed by atoms with E-state index in [0.29, 0.717) is 11.9 Å². The smallest absolute Gasteiger partial charge is 0.145 e. The summed E-state index contributed by atoms with van der Waals surface area (Å²) in [6.07, 6.45) is 2.99. The van der Waals surface area contributed by atoms with Crippen molar-refractivity contribution in [3.05, 3.63) is 12.3 Å². The van der Waals surface area contributed by atoms with Crippen molar-refractivity contribution in [1.82, 2.24) is 9.78 Å². The molecule has 0 amide bonds. The zero-order valence-corrected chi connectivity index (χ0v) is 6.41. The maximum atomic E-state index is 5.44. The van der Waals surface area contributed by atoms with Gasteiger partial charge in [-0.05, 0) is 19.4 Å². The summed E-state index contributed by atoms with van der Waals surface area (Å²) in [5, 5.41) is 4.08. The summed E-state index contributed by atoms with van der Waals surface area (Å²) in [7, 11) is 0. The van der Waals surface area contributed by atoms with Crippen LogP contribution in [0, 0.1) is 0 Å². The molecule has 0 spiro atoms. The first-order valence-electron chi connectivity index (χ1n) is 3.54. The number of nitrogens with zero attached hydrogens (tertiary/aromatic N) is 2. The van der Waals surface area contributed by atoms with Crippen LogP contribution in [0.5, 0.6) is 0 Å². The standard InChI is InChI=1S/C7H13N3/c1-3-6(2)10-5-4-7(8)9-10/h4-6H,3H2,1-2H3,(H2,8,9)/t6-/m1/s1. The lowest BCUT2D eigenvalue weighted by atomic mass is 10.3. The fourth-order valence-electron chi connectivity index (χ4n) is 0.785. The first-order valence-corrected chi connectivity index (χ1v) is 3.54. The van der Waals surface area contributed by atoms with Crippen molar-refractivity contribution >= 4 is 5.82 Å². The lowest BCUT2D eigenvalue weighted by molar-refractivity contribution is 0.479. The van der Waals surface area contributed by atoms with E-state index in [-0.39, 0.29) is 0 Å². The van der Waals surface area contributed by atoms with Crippen LogP contribution in [0.4, 0.5) is 5.82 Å². The van der Waals surface area contributed by atoms with Gasteiger partial charge in [0.05, 0.1) is 0 Å². The number of hydrogen-bond donors (Lipinski definition) is 1. The highest BCUT2D eigenvalue weighted by Gasteiger charge is 2.00. The predicted octanol–water partition coefficient (Wildman–Crippen LogP) is 1.44.